The lowest BCUT2D eigenvalue weighted by Crippen LogP contribution is -2.44. The fraction of sp³-hybridized carbons (Fsp3) is 0.455. The van der Waals surface area contributed by atoms with Gasteiger partial charge in [0, 0.05) is 11.4 Å². The normalized spacial score (nSPS) is 12.4. The van der Waals surface area contributed by atoms with Gasteiger partial charge in [0.05, 0.1) is 6.04 Å². The van der Waals surface area contributed by atoms with Crippen LogP contribution in [0.3, 0.4) is 0 Å². The Morgan fingerprint density at radius 2 is 2.31 bits per heavy atom. The number of carbonyl (C=O) groups excluding carboxylic acids is 1. The molecule has 3 N–H and O–H groups in total. The molecule has 1 heterocycles. The first-order valence-electron chi connectivity index (χ1n) is 5.06. The number of amides is 1. The zero-order valence-electron chi connectivity index (χ0n) is 9.36. The fourth-order valence-electron chi connectivity index (χ4n) is 1.41. The lowest BCUT2D eigenvalue weighted by atomic mass is 10.0. The maximum atomic E-state index is 11.1. The summed E-state index contributed by atoms with van der Waals surface area (Å²) in [6.07, 6.45) is 0. The zero-order valence-corrected chi connectivity index (χ0v) is 10.2. The first-order valence-corrected chi connectivity index (χ1v) is 5.87. The molecular formula is C11H15N3OS. The average Bonchev–Trinajstić information content (AvgIpc) is 2.65. The Morgan fingerprint density at radius 1 is 1.62 bits per heavy atom. The topological polar surface area (TPSA) is 78.9 Å². The summed E-state index contributed by atoms with van der Waals surface area (Å²) >= 11 is 1.42. The van der Waals surface area contributed by atoms with Crippen LogP contribution in [0.2, 0.25) is 0 Å². The molecule has 0 spiro atoms. The highest BCUT2D eigenvalue weighted by molar-refractivity contribution is 7.12. The molecule has 1 rings (SSSR count). The largest absolute Gasteiger partial charge is 0.368 e. The van der Waals surface area contributed by atoms with Crippen molar-refractivity contribution in [2.45, 2.75) is 26.4 Å². The molecule has 4 nitrogen and oxygen atoms in total. The number of nitrogens with one attached hydrogen (secondary N) is 1. The van der Waals surface area contributed by atoms with Gasteiger partial charge in [0.2, 0.25) is 5.91 Å². The van der Waals surface area contributed by atoms with Gasteiger partial charge >= 0.3 is 0 Å². The number of hydrogen-bond acceptors (Lipinski definition) is 4. The summed E-state index contributed by atoms with van der Waals surface area (Å²) in [4.78, 5) is 12.8. The summed E-state index contributed by atoms with van der Waals surface area (Å²) < 4.78 is 0. The van der Waals surface area contributed by atoms with E-state index < -0.39 is 0 Å². The quantitative estimate of drug-likeness (QED) is 0.808. The van der Waals surface area contributed by atoms with Gasteiger partial charge in [-0.2, -0.15) is 5.26 Å². The van der Waals surface area contributed by atoms with Crippen LogP contribution in [0, 0.1) is 17.2 Å². The Bertz CT molecular complexity index is 406. The Hall–Kier alpha value is -1.38. The average molecular weight is 237 g/mol. The Kier molecular flexibility index (Phi) is 4.47. The molecule has 1 amide bonds. The predicted octanol–water partition coefficient (Wildman–Crippen LogP) is 1.22. The van der Waals surface area contributed by atoms with Crippen molar-refractivity contribution in [1.29, 1.82) is 5.26 Å². The highest BCUT2D eigenvalue weighted by Crippen LogP contribution is 2.15. The zero-order chi connectivity index (χ0) is 12.1. The van der Waals surface area contributed by atoms with E-state index in [-0.39, 0.29) is 17.9 Å². The third-order valence-electron chi connectivity index (χ3n) is 2.24. The summed E-state index contributed by atoms with van der Waals surface area (Å²) in [5, 5.41) is 11.8. The summed E-state index contributed by atoms with van der Waals surface area (Å²) in [5.41, 5.74) is 5.28. The maximum absolute atomic E-state index is 11.1. The molecule has 0 bridgehead atoms. The van der Waals surface area contributed by atoms with Crippen LogP contribution in [0.25, 0.3) is 0 Å². The van der Waals surface area contributed by atoms with Crippen molar-refractivity contribution in [1.82, 2.24) is 5.32 Å². The van der Waals surface area contributed by atoms with E-state index >= 15 is 0 Å². The Labute approximate surface area is 99.1 Å². The molecule has 0 aliphatic heterocycles. The SMILES string of the molecule is CC(C)C(NCc1ccc(C#N)s1)C(N)=O. The minimum Gasteiger partial charge on any atom is -0.368 e. The predicted molar refractivity (Wildman–Crippen MR) is 63.7 cm³/mol. The van der Waals surface area contributed by atoms with Crippen LogP contribution in [0.5, 0.6) is 0 Å². The fourth-order valence-corrected chi connectivity index (χ4v) is 2.16. The second kappa shape index (κ2) is 5.64. The minimum atomic E-state index is -0.341. The third kappa shape index (κ3) is 3.33. The van der Waals surface area contributed by atoms with E-state index in [9.17, 15) is 4.79 Å². The number of thiophene rings is 1. The molecule has 1 aromatic heterocycles. The first-order chi connectivity index (χ1) is 7.54. The number of carbonyl (C=O) groups is 1. The van der Waals surface area contributed by atoms with E-state index in [2.05, 4.69) is 11.4 Å². The summed E-state index contributed by atoms with van der Waals surface area (Å²) in [7, 11) is 0. The van der Waals surface area contributed by atoms with Gasteiger partial charge in [-0.15, -0.1) is 11.3 Å². The summed E-state index contributed by atoms with van der Waals surface area (Å²) in [6, 6.07) is 5.41. The molecule has 86 valence electrons. The smallest absolute Gasteiger partial charge is 0.234 e. The van der Waals surface area contributed by atoms with Gasteiger partial charge in [-0.1, -0.05) is 13.8 Å². The van der Waals surface area contributed by atoms with Gasteiger partial charge in [0.25, 0.3) is 0 Å². The van der Waals surface area contributed by atoms with E-state index in [1.807, 2.05) is 19.9 Å². The van der Waals surface area contributed by atoms with Gasteiger partial charge in [-0.25, -0.2) is 0 Å². The molecule has 5 heteroatoms. The van der Waals surface area contributed by atoms with Crippen LogP contribution in [0.15, 0.2) is 12.1 Å². The van der Waals surface area contributed by atoms with Gasteiger partial charge in [0.1, 0.15) is 10.9 Å². The van der Waals surface area contributed by atoms with Gasteiger partial charge in [-0.3, -0.25) is 4.79 Å². The molecular weight excluding hydrogens is 222 g/mol. The number of hydrogen-bond donors (Lipinski definition) is 2. The van der Waals surface area contributed by atoms with E-state index in [1.165, 1.54) is 11.3 Å². The number of nitriles is 1. The molecule has 0 aliphatic carbocycles. The number of rotatable bonds is 5. The van der Waals surface area contributed by atoms with E-state index in [0.717, 1.165) is 4.88 Å². The van der Waals surface area contributed by atoms with Crippen molar-refractivity contribution >= 4 is 17.2 Å². The molecule has 0 aromatic carbocycles. The second-order valence-corrected chi connectivity index (χ2v) is 5.05. The van der Waals surface area contributed by atoms with Gasteiger partial charge < -0.3 is 11.1 Å². The summed E-state index contributed by atoms with van der Waals surface area (Å²) in [6.45, 7) is 4.45. The van der Waals surface area contributed by atoms with E-state index in [4.69, 9.17) is 11.0 Å². The first kappa shape index (κ1) is 12.7. The standard InChI is InChI=1S/C11H15N3OS/c1-7(2)10(11(13)15)14-6-9-4-3-8(5-12)16-9/h3-4,7,10,14H,6H2,1-2H3,(H2,13,15). The van der Waals surface area contributed by atoms with Crippen molar-refractivity contribution in [3.05, 3.63) is 21.9 Å². The van der Waals surface area contributed by atoms with Crippen molar-refractivity contribution in [3.8, 4) is 6.07 Å². The van der Waals surface area contributed by atoms with Gasteiger partial charge in [-0.05, 0) is 18.1 Å². The number of nitrogens with two attached hydrogens (primary N) is 1. The van der Waals surface area contributed by atoms with Crippen LogP contribution in [0.1, 0.15) is 23.6 Å². The molecule has 1 atom stereocenters. The van der Waals surface area contributed by atoms with Crippen LogP contribution in [-0.4, -0.2) is 11.9 Å². The van der Waals surface area contributed by atoms with Crippen molar-refractivity contribution < 1.29 is 4.79 Å². The molecule has 1 aromatic rings. The van der Waals surface area contributed by atoms with Crippen molar-refractivity contribution in [2.24, 2.45) is 11.7 Å². The van der Waals surface area contributed by atoms with Crippen LogP contribution in [-0.2, 0) is 11.3 Å². The third-order valence-corrected chi connectivity index (χ3v) is 3.23. The second-order valence-electron chi connectivity index (χ2n) is 3.88. The lowest BCUT2D eigenvalue weighted by molar-refractivity contribution is -0.121. The molecule has 0 aliphatic rings. The Morgan fingerprint density at radius 3 is 2.75 bits per heavy atom. The van der Waals surface area contributed by atoms with Crippen LogP contribution < -0.4 is 11.1 Å². The Balaban J connectivity index is 2.56. The van der Waals surface area contributed by atoms with Crippen molar-refractivity contribution in [2.75, 3.05) is 0 Å². The number of primary amides is 1. The van der Waals surface area contributed by atoms with Crippen LogP contribution >= 0.6 is 11.3 Å². The van der Waals surface area contributed by atoms with Gasteiger partial charge in [0.15, 0.2) is 0 Å². The van der Waals surface area contributed by atoms with Crippen molar-refractivity contribution in [3.63, 3.8) is 0 Å². The van der Waals surface area contributed by atoms with E-state index in [0.29, 0.717) is 11.4 Å². The molecule has 0 fully saturated rings. The van der Waals surface area contributed by atoms with E-state index in [1.54, 1.807) is 6.07 Å². The molecule has 16 heavy (non-hydrogen) atoms. The molecule has 1 unspecified atom stereocenters. The monoisotopic (exact) mass is 237 g/mol. The highest BCUT2D eigenvalue weighted by Gasteiger charge is 2.18. The maximum Gasteiger partial charge on any atom is 0.234 e. The molecule has 0 saturated carbocycles. The highest BCUT2D eigenvalue weighted by atomic mass is 32.1. The number of nitrogens with zero attached hydrogens (tertiary/aromatic N) is 1. The van der Waals surface area contributed by atoms with Crippen LogP contribution in [0.4, 0.5) is 0 Å². The summed E-state index contributed by atoms with van der Waals surface area (Å²) in [5.74, 6) is -0.181. The molecule has 0 radical (unpaired) electrons. The minimum absolute atomic E-state index is 0.160. The lowest BCUT2D eigenvalue weighted by Gasteiger charge is -2.18. The molecule has 0 saturated heterocycles.